The summed E-state index contributed by atoms with van der Waals surface area (Å²) in [5, 5.41) is 7.21. The summed E-state index contributed by atoms with van der Waals surface area (Å²) in [7, 11) is 0. The minimum atomic E-state index is -4.56. The van der Waals surface area contributed by atoms with Crippen molar-refractivity contribution in [2.75, 3.05) is 5.73 Å². The van der Waals surface area contributed by atoms with Gasteiger partial charge in [0, 0.05) is 0 Å². The zero-order chi connectivity index (χ0) is 14.9. The number of anilines is 1. The van der Waals surface area contributed by atoms with Crippen molar-refractivity contribution in [3.63, 3.8) is 0 Å². The summed E-state index contributed by atoms with van der Waals surface area (Å²) in [6.45, 7) is 1.86. The van der Waals surface area contributed by atoms with Gasteiger partial charge in [-0.15, -0.1) is 5.10 Å². The molecule has 1 aromatic carbocycles. The highest BCUT2D eigenvalue weighted by atomic mass is 19.4. The van der Waals surface area contributed by atoms with Crippen molar-refractivity contribution in [1.29, 1.82) is 0 Å². The maximum Gasteiger partial charge on any atom is 0.416 e. The van der Waals surface area contributed by atoms with E-state index in [1.54, 1.807) is 0 Å². The predicted molar refractivity (Wildman–Crippen MR) is 64.7 cm³/mol. The van der Waals surface area contributed by atoms with Crippen molar-refractivity contribution in [2.45, 2.75) is 25.9 Å². The summed E-state index contributed by atoms with van der Waals surface area (Å²) < 4.78 is 52.8. The fourth-order valence-electron chi connectivity index (χ4n) is 1.83. The lowest BCUT2D eigenvalue weighted by Gasteiger charge is -2.11. The first-order valence-corrected chi connectivity index (χ1v) is 5.91. The van der Waals surface area contributed by atoms with Crippen LogP contribution in [0.4, 0.5) is 23.4 Å². The minimum absolute atomic E-state index is 0.0867. The van der Waals surface area contributed by atoms with Gasteiger partial charge in [-0.3, -0.25) is 0 Å². The molecule has 2 aromatic rings. The average molecular weight is 288 g/mol. The second-order valence-electron chi connectivity index (χ2n) is 4.25. The van der Waals surface area contributed by atoms with Crippen molar-refractivity contribution >= 4 is 5.82 Å². The fraction of sp³-hybridized carbons (Fsp3) is 0.333. The number of hydrogen-bond donors (Lipinski definition) is 1. The molecule has 0 atom stereocenters. The van der Waals surface area contributed by atoms with Crippen LogP contribution in [0.25, 0.3) is 5.69 Å². The highest BCUT2D eigenvalue weighted by molar-refractivity contribution is 5.44. The molecule has 0 saturated heterocycles. The van der Waals surface area contributed by atoms with Crippen LogP contribution in [0.3, 0.4) is 0 Å². The molecule has 0 spiro atoms. The Balaban J connectivity index is 2.58. The van der Waals surface area contributed by atoms with E-state index in [1.165, 1.54) is 0 Å². The van der Waals surface area contributed by atoms with E-state index in [1.807, 2.05) is 6.92 Å². The molecule has 0 fully saturated rings. The van der Waals surface area contributed by atoms with Gasteiger partial charge in [-0.25, -0.2) is 9.07 Å². The van der Waals surface area contributed by atoms with Gasteiger partial charge < -0.3 is 5.73 Å². The van der Waals surface area contributed by atoms with Crippen LogP contribution in [-0.4, -0.2) is 15.0 Å². The first-order valence-electron chi connectivity index (χ1n) is 5.91. The molecule has 1 aromatic heterocycles. The summed E-state index contributed by atoms with van der Waals surface area (Å²) in [4.78, 5) is 0. The molecule has 0 aliphatic rings. The number of alkyl halides is 3. The first kappa shape index (κ1) is 14.3. The summed E-state index contributed by atoms with van der Waals surface area (Å²) in [5.74, 6) is -0.732. The first-order chi connectivity index (χ1) is 9.34. The quantitative estimate of drug-likeness (QED) is 0.883. The van der Waals surface area contributed by atoms with E-state index in [4.69, 9.17) is 5.73 Å². The highest BCUT2D eigenvalue weighted by Crippen LogP contribution is 2.31. The Labute approximate surface area is 112 Å². The predicted octanol–water partition coefficient (Wildman–Crippen LogP) is 2.96. The normalized spacial score (nSPS) is 11.8. The lowest BCUT2D eigenvalue weighted by atomic mass is 10.1. The van der Waals surface area contributed by atoms with Gasteiger partial charge in [0.1, 0.15) is 11.5 Å². The van der Waals surface area contributed by atoms with Crippen LogP contribution in [0, 0.1) is 5.82 Å². The van der Waals surface area contributed by atoms with Gasteiger partial charge >= 0.3 is 6.18 Å². The maximum absolute atomic E-state index is 13.8. The van der Waals surface area contributed by atoms with Gasteiger partial charge in [-0.1, -0.05) is 18.6 Å². The lowest BCUT2D eigenvalue weighted by Crippen LogP contribution is -2.10. The van der Waals surface area contributed by atoms with Gasteiger partial charge in [0.25, 0.3) is 0 Å². The van der Waals surface area contributed by atoms with Gasteiger partial charge in [-0.2, -0.15) is 13.2 Å². The van der Waals surface area contributed by atoms with Gasteiger partial charge in [0.2, 0.25) is 0 Å². The Bertz CT molecular complexity index is 618. The number of rotatable bonds is 3. The standard InChI is InChI=1S/C12H12F4N4/c1-2-3-9-11(17)18-19-20(9)10-6-7(12(14,15)16)4-5-8(10)13/h4-6H,2-3,17H2,1H3. The number of benzene rings is 1. The number of hydrogen-bond acceptors (Lipinski definition) is 3. The third-order valence-corrected chi connectivity index (χ3v) is 2.78. The Hall–Kier alpha value is -2.12. The SMILES string of the molecule is CCCc1c(N)nnn1-c1cc(C(F)(F)F)ccc1F. The molecule has 4 nitrogen and oxygen atoms in total. The van der Waals surface area contributed by atoms with Crippen molar-refractivity contribution in [3.8, 4) is 5.69 Å². The molecule has 8 heteroatoms. The highest BCUT2D eigenvalue weighted by Gasteiger charge is 2.31. The van der Waals surface area contributed by atoms with Crippen LogP contribution in [0.2, 0.25) is 0 Å². The zero-order valence-electron chi connectivity index (χ0n) is 10.6. The number of halogens is 4. The summed E-state index contributed by atoms with van der Waals surface area (Å²) in [5.41, 5.74) is 4.73. The second kappa shape index (κ2) is 5.10. The largest absolute Gasteiger partial charge is 0.416 e. The van der Waals surface area contributed by atoms with E-state index in [2.05, 4.69) is 10.3 Å². The number of nitrogens with two attached hydrogens (primary N) is 1. The lowest BCUT2D eigenvalue weighted by molar-refractivity contribution is -0.137. The molecule has 0 radical (unpaired) electrons. The van der Waals surface area contributed by atoms with Crippen LogP contribution in [0.15, 0.2) is 18.2 Å². The van der Waals surface area contributed by atoms with Crippen LogP contribution >= 0.6 is 0 Å². The Kier molecular flexibility index (Phi) is 3.65. The molecule has 1 heterocycles. The molecule has 0 aliphatic carbocycles. The Morgan fingerprint density at radius 1 is 1.30 bits per heavy atom. The van der Waals surface area contributed by atoms with Gasteiger partial charge in [-0.05, 0) is 24.6 Å². The van der Waals surface area contributed by atoms with Crippen molar-refractivity contribution < 1.29 is 17.6 Å². The summed E-state index contributed by atoms with van der Waals surface area (Å²) in [6, 6.07) is 2.13. The Morgan fingerprint density at radius 2 is 2.00 bits per heavy atom. The fourth-order valence-corrected chi connectivity index (χ4v) is 1.83. The van der Waals surface area contributed by atoms with Crippen molar-refractivity contribution in [2.24, 2.45) is 0 Å². The van der Waals surface area contributed by atoms with E-state index < -0.39 is 17.6 Å². The van der Waals surface area contributed by atoms with Crippen LogP contribution in [-0.2, 0) is 12.6 Å². The topological polar surface area (TPSA) is 56.7 Å². The number of nitrogen functional groups attached to an aromatic ring is 1. The zero-order valence-corrected chi connectivity index (χ0v) is 10.6. The number of nitrogens with zero attached hydrogens (tertiary/aromatic N) is 3. The molecule has 0 saturated carbocycles. The molecule has 0 amide bonds. The minimum Gasteiger partial charge on any atom is -0.381 e. The molecule has 108 valence electrons. The van der Waals surface area contributed by atoms with E-state index in [0.29, 0.717) is 30.7 Å². The molecule has 2 N–H and O–H groups in total. The monoisotopic (exact) mass is 288 g/mol. The van der Waals surface area contributed by atoms with Gasteiger partial charge in [0.15, 0.2) is 5.82 Å². The van der Waals surface area contributed by atoms with E-state index in [-0.39, 0.29) is 11.5 Å². The molecule has 0 aliphatic heterocycles. The van der Waals surface area contributed by atoms with Crippen LogP contribution in [0.1, 0.15) is 24.6 Å². The van der Waals surface area contributed by atoms with Crippen molar-refractivity contribution in [3.05, 3.63) is 35.3 Å². The molecule has 20 heavy (non-hydrogen) atoms. The van der Waals surface area contributed by atoms with E-state index in [9.17, 15) is 17.6 Å². The molecular weight excluding hydrogens is 276 g/mol. The summed E-state index contributed by atoms with van der Waals surface area (Å²) in [6.07, 6.45) is -3.44. The third-order valence-electron chi connectivity index (χ3n) is 2.78. The third kappa shape index (κ3) is 2.59. The maximum atomic E-state index is 13.8. The molecule has 0 unspecified atom stereocenters. The van der Waals surface area contributed by atoms with Crippen LogP contribution in [0.5, 0.6) is 0 Å². The molecule has 2 rings (SSSR count). The smallest absolute Gasteiger partial charge is 0.381 e. The average Bonchev–Trinajstić information content (AvgIpc) is 2.71. The van der Waals surface area contributed by atoms with Gasteiger partial charge in [0.05, 0.1) is 11.3 Å². The van der Waals surface area contributed by atoms with E-state index in [0.717, 1.165) is 10.7 Å². The molecule has 0 bridgehead atoms. The second-order valence-corrected chi connectivity index (χ2v) is 4.25. The van der Waals surface area contributed by atoms with Crippen molar-refractivity contribution in [1.82, 2.24) is 15.0 Å². The Morgan fingerprint density at radius 3 is 2.60 bits per heavy atom. The van der Waals surface area contributed by atoms with Crippen LogP contribution < -0.4 is 5.73 Å². The summed E-state index contributed by atoms with van der Waals surface area (Å²) >= 11 is 0. The number of aromatic nitrogens is 3. The molecular formula is C12H12F4N4. The van der Waals surface area contributed by atoms with E-state index >= 15 is 0 Å².